The second-order valence-electron chi connectivity index (χ2n) is 6.90. The van der Waals surface area contributed by atoms with Crippen molar-refractivity contribution in [3.8, 4) is 0 Å². The number of rotatable bonds is 0. The maximum Gasteiger partial charge on any atom is 0.198 e. The summed E-state index contributed by atoms with van der Waals surface area (Å²) in [5.41, 5.74) is 4.66. The Morgan fingerprint density at radius 1 is 0.783 bits per heavy atom. The molecule has 2 aromatic carbocycles. The molecule has 0 aliphatic heterocycles. The smallest absolute Gasteiger partial charge is 0.0838 e. The van der Waals surface area contributed by atoms with Crippen LogP contribution in [0.5, 0.6) is 0 Å². The molecule has 2 bridgehead atoms. The number of hydrogen-bond donors (Lipinski definition) is 0. The Bertz CT molecular complexity index is 746. The third-order valence-corrected chi connectivity index (χ3v) is 8.42. The molecule has 0 N–H and O–H groups in total. The first-order chi connectivity index (χ1) is 10.7. The summed E-state index contributed by atoms with van der Waals surface area (Å²) in [6.45, 7) is 4.26. The van der Waals surface area contributed by atoms with Crippen LogP contribution in [0.3, 0.4) is 0 Å². The molecule has 0 fully saturated rings. The molecule has 3 aliphatic rings. The highest BCUT2D eigenvalue weighted by Crippen LogP contribution is 2.73. The van der Waals surface area contributed by atoms with Crippen molar-refractivity contribution in [1.29, 1.82) is 0 Å². The minimum atomic E-state index is -1.39. The average molecular weight is 431 g/mol. The monoisotopic (exact) mass is 428 g/mol. The van der Waals surface area contributed by atoms with Crippen LogP contribution in [0.4, 0.5) is 0 Å². The quantitative estimate of drug-likeness (QED) is 0.403. The lowest BCUT2D eigenvalue weighted by Crippen LogP contribution is -2.61. The Morgan fingerprint density at radius 3 is 1.48 bits per heavy atom. The molecule has 2 unspecified atom stereocenters. The lowest BCUT2D eigenvalue weighted by atomic mass is 9.48. The zero-order valence-electron chi connectivity index (χ0n) is 12.8. The molecule has 0 aromatic heterocycles. The maximum absolute atomic E-state index is 6.57. The van der Waals surface area contributed by atoms with E-state index < -0.39 is 9.21 Å². The van der Waals surface area contributed by atoms with Crippen molar-refractivity contribution in [2.75, 3.05) is 0 Å². The molecular formula is C19H16BrCl3. The molecule has 0 radical (unpaired) electrons. The number of benzene rings is 2. The van der Waals surface area contributed by atoms with E-state index in [0.29, 0.717) is 0 Å². The van der Waals surface area contributed by atoms with Gasteiger partial charge in [0, 0.05) is 21.6 Å². The predicted molar refractivity (Wildman–Crippen MR) is 102 cm³/mol. The average Bonchev–Trinajstić information content (AvgIpc) is 2.49. The van der Waals surface area contributed by atoms with E-state index in [1.165, 1.54) is 22.3 Å². The molecule has 120 valence electrons. The lowest BCUT2D eigenvalue weighted by Gasteiger charge is -2.63. The Labute approximate surface area is 160 Å². The summed E-state index contributed by atoms with van der Waals surface area (Å²) in [6, 6.07) is 17.1. The van der Waals surface area contributed by atoms with Crippen LogP contribution in [-0.4, -0.2) is 8.12 Å². The summed E-state index contributed by atoms with van der Waals surface area (Å²) >= 11 is 23.7. The SMILES string of the molecule is CC1(Br)C2c3ccccc3C(c3ccccc32)C1(C)C(Cl)(Cl)Cl. The third-order valence-electron chi connectivity index (χ3n) is 5.96. The van der Waals surface area contributed by atoms with Gasteiger partial charge in [-0.25, -0.2) is 0 Å². The van der Waals surface area contributed by atoms with Gasteiger partial charge in [0.2, 0.25) is 0 Å². The lowest BCUT2D eigenvalue weighted by molar-refractivity contribution is 0.160. The normalized spacial score (nSPS) is 34.9. The summed E-state index contributed by atoms with van der Waals surface area (Å²) in [7, 11) is 0. The van der Waals surface area contributed by atoms with E-state index in [4.69, 9.17) is 34.8 Å². The van der Waals surface area contributed by atoms with Crippen LogP contribution < -0.4 is 0 Å². The second-order valence-corrected chi connectivity index (χ2v) is 10.8. The molecule has 2 atom stereocenters. The van der Waals surface area contributed by atoms with Crippen molar-refractivity contribution >= 4 is 50.7 Å². The van der Waals surface area contributed by atoms with Crippen LogP contribution in [-0.2, 0) is 0 Å². The van der Waals surface area contributed by atoms with Gasteiger partial charge in [0.15, 0.2) is 3.79 Å². The third kappa shape index (κ3) is 1.86. The van der Waals surface area contributed by atoms with Gasteiger partial charge in [-0.15, -0.1) is 0 Å². The summed E-state index contributed by atoms with van der Waals surface area (Å²) in [5.74, 6) is 0.192. The summed E-state index contributed by atoms with van der Waals surface area (Å²) in [5, 5.41) is 0. The van der Waals surface area contributed by atoms with Crippen molar-refractivity contribution in [2.24, 2.45) is 5.41 Å². The van der Waals surface area contributed by atoms with Crippen LogP contribution in [0.15, 0.2) is 48.5 Å². The Balaban J connectivity index is 2.14. The van der Waals surface area contributed by atoms with Crippen molar-refractivity contribution in [3.05, 3.63) is 70.8 Å². The van der Waals surface area contributed by atoms with E-state index in [1.807, 2.05) is 0 Å². The van der Waals surface area contributed by atoms with Crippen LogP contribution in [0.1, 0.15) is 47.9 Å². The van der Waals surface area contributed by atoms with Crippen molar-refractivity contribution in [2.45, 2.75) is 33.8 Å². The number of alkyl halides is 4. The summed E-state index contributed by atoms with van der Waals surface area (Å²) in [6.07, 6.45) is 0. The fraction of sp³-hybridized carbons (Fsp3) is 0.368. The highest BCUT2D eigenvalue weighted by atomic mass is 79.9. The fourth-order valence-electron chi connectivity index (χ4n) is 4.64. The second kappa shape index (κ2) is 4.91. The predicted octanol–water partition coefficient (Wildman–Crippen LogP) is 6.81. The molecular weight excluding hydrogens is 414 g/mol. The van der Waals surface area contributed by atoms with Crippen LogP contribution in [0, 0.1) is 5.41 Å². The minimum Gasteiger partial charge on any atom is -0.0838 e. The highest BCUT2D eigenvalue weighted by molar-refractivity contribution is 9.10. The first-order valence-electron chi connectivity index (χ1n) is 7.64. The molecule has 0 nitrogen and oxygen atoms in total. The molecule has 3 aliphatic carbocycles. The zero-order valence-corrected chi connectivity index (χ0v) is 16.6. The standard InChI is InChI=1S/C19H16BrCl3/c1-17(19(21,22)23)15-11-7-3-5-9-13(11)16(18(17,2)20)14-10-6-4-8-12(14)15/h3-10,15-16H,1-2H3. The molecule has 0 saturated carbocycles. The molecule has 0 spiro atoms. The van der Waals surface area contributed by atoms with E-state index in [9.17, 15) is 0 Å². The van der Waals surface area contributed by atoms with E-state index in [0.717, 1.165) is 0 Å². The van der Waals surface area contributed by atoms with Crippen LogP contribution in [0.2, 0.25) is 0 Å². The van der Waals surface area contributed by atoms with E-state index in [2.05, 4.69) is 78.3 Å². The largest absolute Gasteiger partial charge is 0.198 e. The van der Waals surface area contributed by atoms with Crippen LogP contribution in [0.25, 0.3) is 0 Å². The summed E-state index contributed by atoms with van der Waals surface area (Å²) < 4.78 is -1.76. The van der Waals surface area contributed by atoms with E-state index in [1.54, 1.807) is 0 Å². The van der Waals surface area contributed by atoms with Gasteiger partial charge in [0.05, 0.1) is 0 Å². The van der Waals surface area contributed by atoms with Crippen molar-refractivity contribution in [3.63, 3.8) is 0 Å². The first kappa shape index (κ1) is 16.3. The Hall–Kier alpha value is -0.210. The Morgan fingerprint density at radius 2 is 1.13 bits per heavy atom. The van der Waals surface area contributed by atoms with Gasteiger partial charge in [-0.3, -0.25) is 0 Å². The van der Waals surface area contributed by atoms with Gasteiger partial charge in [-0.05, 0) is 29.2 Å². The maximum atomic E-state index is 6.57. The van der Waals surface area contributed by atoms with E-state index in [-0.39, 0.29) is 16.2 Å². The number of fused-ring (bicyclic) bond motifs is 1. The molecule has 0 saturated heterocycles. The number of halogens is 4. The van der Waals surface area contributed by atoms with Gasteiger partial charge in [-0.1, -0.05) is 106 Å². The summed E-state index contributed by atoms with van der Waals surface area (Å²) in [4.78, 5) is 0. The molecule has 23 heavy (non-hydrogen) atoms. The number of hydrogen-bond acceptors (Lipinski definition) is 0. The van der Waals surface area contributed by atoms with Gasteiger partial charge in [0.1, 0.15) is 0 Å². The van der Waals surface area contributed by atoms with Crippen molar-refractivity contribution < 1.29 is 0 Å². The minimum absolute atomic E-state index is 0.0387. The topological polar surface area (TPSA) is 0 Å². The fourth-order valence-corrected chi connectivity index (χ4v) is 6.92. The molecule has 0 amide bonds. The van der Waals surface area contributed by atoms with Gasteiger partial charge >= 0.3 is 0 Å². The van der Waals surface area contributed by atoms with Crippen molar-refractivity contribution in [1.82, 2.24) is 0 Å². The van der Waals surface area contributed by atoms with Gasteiger partial charge in [0.25, 0.3) is 0 Å². The van der Waals surface area contributed by atoms with Gasteiger partial charge < -0.3 is 0 Å². The molecule has 4 heteroatoms. The first-order valence-corrected chi connectivity index (χ1v) is 9.57. The van der Waals surface area contributed by atoms with Crippen LogP contribution >= 0.6 is 50.7 Å². The highest BCUT2D eigenvalue weighted by Gasteiger charge is 2.69. The van der Waals surface area contributed by atoms with E-state index >= 15 is 0 Å². The zero-order chi connectivity index (χ0) is 16.6. The Kier molecular flexibility index (Phi) is 3.47. The molecule has 0 heterocycles. The van der Waals surface area contributed by atoms with Gasteiger partial charge in [-0.2, -0.15) is 0 Å². The molecule has 2 aromatic rings. The molecule has 5 rings (SSSR count).